The third-order valence-electron chi connectivity index (χ3n) is 4.40. The van der Waals surface area contributed by atoms with Gasteiger partial charge in [0, 0.05) is 11.6 Å². The van der Waals surface area contributed by atoms with Crippen LogP contribution in [0.25, 0.3) is 11.4 Å². The number of hydrogen-bond donors (Lipinski definition) is 1. The van der Waals surface area contributed by atoms with E-state index in [1.165, 1.54) is 16.5 Å². The molecule has 0 bridgehead atoms. The summed E-state index contributed by atoms with van der Waals surface area (Å²) in [5.74, 6) is 0.393. The van der Waals surface area contributed by atoms with E-state index in [2.05, 4.69) is 29.0 Å². The molecule has 1 N–H and O–H groups in total. The number of aromatic nitrogens is 3. The molecule has 0 spiro atoms. The zero-order valence-electron chi connectivity index (χ0n) is 14.0. The number of benzene rings is 1. The number of nitrogens with one attached hydrogen (secondary N) is 1. The molecular formula is C18H20FN4S2+. The van der Waals surface area contributed by atoms with Gasteiger partial charge in [0.25, 0.3) is 0 Å². The monoisotopic (exact) mass is 375 g/mol. The van der Waals surface area contributed by atoms with Gasteiger partial charge in [0.1, 0.15) is 12.4 Å². The molecule has 4 rings (SSSR count). The summed E-state index contributed by atoms with van der Waals surface area (Å²) in [7, 11) is 2.12. The Bertz CT molecular complexity index is 925. The smallest absolute Gasteiger partial charge is 0.203 e. The highest BCUT2D eigenvalue weighted by atomic mass is 32.1. The average Bonchev–Trinajstić information content (AvgIpc) is 3.20. The molecule has 1 saturated carbocycles. The van der Waals surface area contributed by atoms with E-state index in [4.69, 9.17) is 12.2 Å². The van der Waals surface area contributed by atoms with Crippen molar-refractivity contribution in [2.45, 2.75) is 32.1 Å². The Labute approximate surface area is 155 Å². The van der Waals surface area contributed by atoms with Crippen LogP contribution < -0.4 is 4.90 Å². The van der Waals surface area contributed by atoms with Crippen molar-refractivity contribution in [2.24, 2.45) is 0 Å². The van der Waals surface area contributed by atoms with Crippen LogP contribution in [-0.2, 0) is 13.2 Å². The van der Waals surface area contributed by atoms with Crippen molar-refractivity contribution in [3.8, 4) is 11.4 Å². The first-order valence-corrected chi connectivity index (χ1v) is 9.75. The van der Waals surface area contributed by atoms with Gasteiger partial charge < -0.3 is 4.90 Å². The summed E-state index contributed by atoms with van der Waals surface area (Å²) in [5, 5.41) is 8.94. The molecule has 0 radical (unpaired) electrons. The first kappa shape index (κ1) is 16.6. The highest BCUT2D eigenvalue weighted by Crippen LogP contribution is 2.38. The van der Waals surface area contributed by atoms with E-state index in [1.807, 2.05) is 15.3 Å². The van der Waals surface area contributed by atoms with Crippen LogP contribution in [0.1, 0.15) is 24.4 Å². The molecule has 1 fully saturated rings. The van der Waals surface area contributed by atoms with Gasteiger partial charge in [-0.15, -0.1) is 5.10 Å². The minimum Gasteiger partial charge on any atom is -0.315 e. The summed E-state index contributed by atoms with van der Waals surface area (Å²) >= 11 is 7.37. The number of thiophene rings is 1. The summed E-state index contributed by atoms with van der Waals surface area (Å²) in [5.41, 5.74) is 1.83. The number of nitrogens with zero attached hydrogens (tertiary/aromatic N) is 3. The number of hydrogen-bond acceptors (Lipinski definition) is 3. The topological polar surface area (TPSA) is 27.2 Å². The zero-order valence-corrected chi connectivity index (χ0v) is 15.6. The van der Waals surface area contributed by atoms with Crippen molar-refractivity contribution in [1.29, 1.82) is 0 Å². The molecule has 25 heavy (non-hydrogen) atoms. The molecule has 3 aromatic rings. The summed E-state index contributed by atoms with van der Waals surface area (Å²) < 4.78 is 18.9. The second-order valence-electron chi connectivity index (χ2n) is 6.61. The lowest BCUT2D eigenvalue weighted by Crippen LogP contribution is -3.06. The molecule has 0 saturated heterocycles. The summed E-state index contributed by atoms with van der Waals surface area (Å²) in [6.07, 6.45) is 2.16. The Morgan fingerprint density at radius 2 is 2.12 bits per heavy atom. The van der Waals surface area contributed by atoms with Crippen LogP contribution in [0.5, 0.6) is 0 Å². The normalized spacial score (nSPS) is 15.4. The fraction of sp³-hybridized carbons (Fsp3) is 0.333. The average molecular weight is 376 g/mol. The third kappa shape index (κ3) is 3.44. The molecule has 0 amide bonds. The summed E-state index contributed by atoms with van der Waals surface area (Å²) in [4.78, 5) is 1.29. The predicted molar refractivity (Wildman–Crippen MR) is 99.6 cm³/mol. The van der Waals surface area contributed by atoms with Gasteiger partial charge in [-0.2, -0.15) is 16.0 Å². The van der Waals surface area contributed by atoms with Crippen molar-refractivity contribution in [1.82, 2.24) is 14.3 Å². The van der Waals surface area contributed by atoms with E-state index < -0.39 is 0 Å². The van der Waals surface area contributed by atoms with Gasteiger partial charge in [-0.1, -0.05) is 12.1 Å². The van der Waals surface area contributed by atoms with Crippen LogP contribution in [-0.4, -0.2) is 21.4 Å². The van der Waals surface area contributed by atoms with Gasteiger partial charge in [0.05, 0.1) is 12.6 Å². The van der Waals surface area contributed by atoms with Gasteiger partial charge >= 0.3 is 0 Å². The molecule has 1 aliphatic rings. The summed E-state index contributed by atoms with van der Waals surface area (Å²) in [6.45, 7) is 1.58. The SMILES string of the molecule is C[NH+](Cc1ccsc1)Cn1nc(-c2ccccc2F)n(C2CC2)c1=S. The standard InChI is InChI=1S/C18H19FN4S2/c1-21(10-13-8-9-25-11-13)12-22-18(24)23(14-6-7-14)17(20-22)15-4-2-3-5-16(15)19/h2-5,8-9,11,14H,6-7,10,12H2,1H3/p+1. The predicted octanol–water partition coefficient (Wildman–Crippen LogP) is 3.29. The molecule has 7 heteroatoms. The minimum absolute atomic E-state index is 0.254. The summed E-state index contributed by atoms with van der Waals surface area (Å²) in [6, 6.07) is 9.28. The van der Waals surface area contributed by atoms with Crippen LogP contribution in [0.4, 0.5) is 4.39 Å². The van der Waals surface area contributed by atoms with Crippen LogP contribution in [0, 0.1) is 10.6 Å². The molecular weight excluding hydrogens is 355 g/mol. The van der Waals surface area contributed by atoms with Crippen LogP contribution in [0.2, 0.25) is 0 Å². The van der Waals surface area contributed by atoms with Crippen LogP contribution >= 0.6 is 23.6 Å². The molecule has 2 heterocycles. The Kier molecular flexibility index (Phi) is 4.54. The van der Waals surface area contributed by atoms with Crippen molar-refractivity contribution < 1.29 is 9.29 Å². The first-order chi connectivity index (χ1) is 12.1. The van der Waals surface area contributed by atoms with E-state index in [-0.39, 0.29) is 5.82 Å². The fourth-order valence-corrected chi connectivity index (χ4v) is 4.07. The maximum absolute atomic E-state index is 14.3. The fourth-order valence-electron chi connectivity index (χ4n) is 3.06. The lowest BCUT2D eigenvalue weighted by Gasteiger charge is -2.12. The molecule has 0 aliphatic heterocycles. The second-order valence-corrected chi connectivity index (χ2v) is 7.76. The van der Waals surface area contributed by atoms with Gasteiger partial charge in [-0.05, 0) is 54.0 Å². The van der Waals surface area contributed by atoms with Crippen molar-refractivity contribution in [3.05, 3.63) is 57.2 Å². The largest absolute Gasteiger partial charge is 0.315 e. The zero-order chi connectivity index (χ0) is 17.4. The van der Waals surface area contributed by atoms with Crippen molar-refractivity contribution in [3.63, 3.8) is 0 Å². The Morgan fingerprint density at radius 3 is 2.80 bits per heavy atom. The van der Waals surface area contributed by atoms with Gasteiger partial charge in [0.2, 0.25) is 4.77 Å². The number of quaternary nitrogens is 1. The van der Waals surface area contributed by atoms with Crippen LogP contribution in [0.3, 0.4) is 0 Å². The van der Waals surface area contributed by atoms with Gasteiger partial charge in [-0.25, -0.2) is 4.39 Å². The molecule has 1 aromatic carbocycles. The molecule has 2 aromatic heterocycles. The van der Waals surface area contributed by atoms with E-state index in [9.17, 15) is 4.39 Å². The highest BCUT2D eigenvalue weighted by molar-refractivity contribution is 7.71. The second kappa shape index (κ2) is 6.82. The number of rotatable bonds is 6. The van der Waals surface area contributed by atoms with Crippen molar-refractivity contribution >= 4 is 23.6 Å². The van der Waals surface area contributed by atoms with Gasteiger partial charge in [0.15, 0.2) is 12.5 Å². The molecule has 1 unspecified atom stereocenters. The van der Waals surface area contributed by atoms with E-state index in [0.29, 0.717) is 28.9 Å². The first-order valence-electron chi connectivity index (χ1n) is 8.40. The lowest BCUT2D eigenvalue weighted by molar-refractivity contribution is -0.917. The van der Waals surface area contributed by atoms with Crippen LogP contribution in [0.15, 0.2) is 41.1 Å². The van der Waals surface area contributed by atoms with Gasteiger partial charge in [-0.3, -0.25) is 4.57 Å². The van der Waals surface area contributed by atoms with E-state index in [0.717, 1.165) is 19.4 Å². The Hall–Kier alpha value is -1.83. The maximum atomic E-state index is 14.3. The maximum Gasteiger partial charge on any atom is 0.203 e. The lowest BCUT2D eigenvalue weighted by atomic mass is 10.2. The molecule has 1 aliphatic carbocycles. The van der Waals surface area contributed by atoms with E-state index in [1.54, 1.807) is 23.5 Å². The molecule has 130 valence electrons. The van der Waals surface area contributed by atoms with Crippen molar-refractivity contribution in [2.75, 3.05) is 7.05 Å². The molecule has 1 atom stereocenters. The highest BCUT2D eigenvalue weighted by Gasteiger charge is 2.30. The minimum atomic E-state index is -0.254. The third-order valence-corrected chi connectivity index (χ3v) is 5.54. The Morgan fingerprint density at radius 1 is 1.32 bits per heavy atom. The Balaban J connectivity index is 1.66. The number of halogens is 1. The van der Waals surface area contributed by atoms with E-state index >= 15 is 0 Å². The molecule has 4 nitrogen and oxygen atoms in total. The quantitative estimate of drug-likeness (QED) is 0.670.